The summed E-state index contributed by atoms with van der Waals surface area (Å²) in [6.45, 7) is 2.85. The average Bonchev–Trinajstić information content (AvgIpc) is 3.02. The maximum absolute atomic E-state index is 11.9. The fraction of sp³-hybridized carbons (Fsp3) is 0.0870. The van der Waals surface area contributed by atoms with Gasteiger partial charge in [-0.2, -0.15) is 17.2 Å². The molecule has 0 saturated heterocycles. The van der Waals surface area contributed by atoms with Gasteiger partial charge in [0.05, 0.1) is 11.1 Å². The molecule has 0 aliphatic carbocycles. The van der Waals surface area contributed by atoms with Crippen molar-refractivity contribution < 1.29 is 39.4 Å². The van der Waals surface area contributed by atoms with E-state index in [1.807, 2.05) is 42.5 Å². The van der Waals surface area contributed by atoms with Crippen LogP contribution in [0, 0.1) is 6.07 Å². The first-order chi connectivity index (χ1) is 14.2. The SMILES string of the molecule is CC(=O)/C=C(/C)O.O=S1(=O)N=c2c(c3cc4ccccc4cc3c3ccc[c-]c23)=N1.[Pt]. The van der Waals surface area contributed by atoms with E-state index in [0.29, 0.717) is 16.1 Å². The van der Waals surface area contributed by atoms with Gasteiger partial charge in [0.25, 0.3) is 0 Å². The van der Waals surface area contributed by atoms with Crippen LogP contribution >= 0.6 is 0 Å². The molecule has 1 N–H and O–H groups in total. The predicted octanol–water partition coefficient (Wildman–Crippen LogP) is 3.48. The number of rotatable bonds is 1. The summed E-state index contributed by atoms with van der Waals surface area (Å²) in [4.78, 5) is 10.0. The summed E-state index contributed by atoms with van der Waals surface area (Å²) >= 11 is 0. The van der Waals surface area contributed by atoms with Crippen molar-refractivity contribution in [2.45, 2.75) is 13.8 Å². The first kappa shape index (κ1) is 22.8. The van der Waals surface area contributed by atoms with Crippen LogP contribution in [0.15, 0.2) is 75.2 Å². The quantitative estimate of drug-likeness (QED) is 0.117. The van der Waals surface area contributed by atoms with Gasteiger partial charge in [0.1, 0.15) is 0 Å². The Morgan fingerprint density at radius 1 is 0.935 bits per heavy atom. The number of nitrogens with zero attached hydrogens (tertiary/aromatic N) is 2. The van der Waals surface area contributed by atoms with Crippen LogP contribution in [-0.4, -0.2) is 19.3 Å². The number of aliphatic hydroxyl groups is 1. The molecule has 0 spiro atoms. The number of hydrogen-bond acceptors (Lipinski definition) is 4. The Bertz CT molecular complexity index is 1610. The molecule has 0 bridgehead atoms. The van der Waals surface area contributed by atoms with Gasteiger partial charge >= 0.3 is 10.2 Å². The predicted molar refractivity (Wildman–Crippen MR) is 116 cm³/mol. The van der Waals surface area contributed by atoms with E-state index < -0.39 is 10.2 Å². The maximum atomic E-state index is 11.9. The number of carbonyl (C=O) groups is 1. The molecule has 0 atom stereocenters. The van der Waals surface area contributed by atoms with Gasteiger partial charge in [-0.3, -0.25) is 4.79 Å². The first-order valence-electron chi connectivity index (χ1n) is 9.13. The fourth-order valence-electron chi connectivity index (χ4n) is 3.49. The van der Waals surface area contributed by atoms with Crippen LogP contribution in [0.3, 0.4) is 0 Å². The molecule has 1 aliphatic rings. The van der Waals surface area contributed by atoms with Gasteiger partial charge in [-0.25, -0.2) is 0 Å². The Kier molecular flexibility index (Phi) is 6.39. The zero-order chi connectivity index (χ0) is 21.5. The van der Waals surface area contributed by atoms with E-state index in [4.69, 9.17) is 5.11 Å². The third kappa shape index (κ3) is 4.58. The summed E-state index contributed by atoms with van der Waals surface area (Å²) in [6.07, 6.45) is 1.17. The molecule has 8 heteroatoms. The molecule has 0 unspecified atom stereocenters. The summed E-state index contributed by atoms with van der Waals surface area (Å²) in [7, 11) is -3.81. The number of carbonyl (C=O) groups excluding carboxylic acids is 1. The number of hydrogen-bond donors (Lipinski definition) is 1. The average molecular weight is 613 g/mol. The molecule has 0 fully saturated rings. The smallest absolute Gasteiger partial charge is 0.354 e. The molecule has 4 aromatic carbocycles. The van der Waals surface area contributed by atoms with Crippen LogP contribution < -0.4 is 10.7 Å². The van der Waals surface area contributed by atoms with E-state index in [0.717, 1.165) is 26.9 Å². The van der Waals surface area contributed by atoms with Crippen molar-refractivity contribution in [3.05, 3.63) is 83.2 Å². The largest absolute Gasteiger partial charge is 0.512 e. The molecule has 4 aromatic rings. The Labute approximate surface area is 193 Å². The van der Waals surface area contributed by atoms with E-state index in [1.54, 1.807) is 6.07 Å². The van der Waals surface area contributed by atoms with Crippen LogP contribution in [0.2, 0.25) is 0 Å². The van der Waals surface area contributed by atoms with E-state index in [9.17, 15) is 13.2 Å². The topological polar surface area (TPSA) is 96.2 Å². The van der Waals surface area contributed by atoms with E-state index in [2.05, 4.69) is 20.9 Å². The van der Waals surface area contributed by atoms with Gasteiger partial charge in [-0.1, -0.05) is 41.1 Å². The van der Waals surface area contributed by atoms with Crippen molar-refractivity contribution in [2.75, 3.05) is 0 Å². The normalized spacial score (nSPS) is 14.1. The molecule has 5 rings (SSSR count). The molecule has 0 radical (unpaired) electrons. The minimum Gasteiger partial charge on any atom is -0.512 e. The second-order valence-electron chi connectivity index (χ2n) is 6.93. The van der Waals surface area contributed by atoms with Gasteiger partial charge in [0.2, 0.25) is 0 Å². The fourth-order valence-corrected chi connectivity index (χ4v) is 4.35. The zero-order valence-electron chi connectivity index (χ0n) is 16.6. The number of fused-ring (bicyclic) bond motifs is 7. The minimum atomic E-state index is -3.81. The summed E-state index contributed by atoms with van der Waals surface area (Å²) in [5.41, 5.74) is 0. The molecular weight excluding hydrogens is 595 g/mol. The van der Waals surface area contributed by atoms with Crippen molar-refractivity contribution >= 4 is 48.3 Å². The summed E-state index contributed by atoms with van der Waals surface area (Å²) in [5.74, 6) is -0.0625. The second-order valence-corrected chi connectivity index (χ2v) is 8.19. The molecule has 1 aliphatic heterocycles. The van der Waals surface area contributed by atoms with Gasteiger partial charge in [0, 0.05) is 32.5 Å². The molecule has 0 amide bonds. The third-order valence-electron chi connectivity index (χ3n) is 4.57. The van der Waals surface area contributed by atoms with Crippen molar-refractivity contribution in [3.63, 3.8) is 0 Å². The van der Waals surface area contributed by atoms with Gasteiger partial charge in [0.15, 0.2) is 5.78 Å². The van der Waals surface area contributed by atoms with Gasteiger partial charge in [-0.15, -0.1) is 29.7 Å². The van der Waals surface area contributed by atoms with Crippen LogP contribution in [-0.2, 0) is 36.1 Å². The standard InChI is InChI=1S/C18H9N2O2S.C5H8O2.Pt/c21-23(22)19-17-14-8-4-3-7-13(14)15-9-11-5-1-2-6-12(11)10-16(15)18(17)20-23;1-4(6)3-5(2)7;/h1-7,9-10H;3,6H,1-2H3;/q-1;;/b;4-3-;. The van der Waals surface area contributed by atoms with Crippen molar-refractivity contribution in [2.24, 2.45) is 8.80 Å². The molecule has 0 saturated carbocycles. The molecule has 160 valence electrons. The Morgan fingerprint density at radius 2 is 1.55 bits per heavy atom. The van der Waals surface area contributed by atoms with E-state index in [-0.39, 0.29) is 32.6 Å². The van der Waals surface area contributed by atoms with Crippen LogP contribution in [0.5, 0.6) is 0 Å². The number of benzene rings is 4. The monoisotopic (exact) mass is 612 g/mol. The van der Waals surface area contributed by atoms with Crippen molar-refractivity contribution in [1.29, 1.82) is 0 Å². The first-order valence-corrected chi connectivity index (χ1v) is 10.5. The van der Waals surface area contributed by atoms with E-state index in [1.165, 1.54) is 19.9 Å². The Balaban J connectivity index is 0.000000299. The molecule has 31 heavy (non-hydrogen) atoms. The molecule has 1 heterocycles. The van der Waals surface area contributed by atoms with Crippen LogP contribution in [0.1, 0.15) is 13.8 Å². The maximum Gasteiger partial charge on any atom is 0.354 e. The number of aliphatic hydroxyl groups excluding tert-OH is 1. The molecular formula is C23H17N2O4PtS-. The van der Waals surface area contributed by atoms with Crippen LogP contribution in [0.4, 0.5) is 0 Å². The Hall–Kier alpha value is -2.89. The van der Waals surface area contributed by atoms with E-state index >= 15 is 0 Å². The van der Waals surface area contributed by atoms with Gasteiger partial charge < -0.3 is 5.11 Å². The summed E-state index contributed by atoms with van der Waals surface area (Å²) in [5, 5.41) is 14.7. The molecule has 0 aromatic heterocycles. The minimum absolute atomic E-state index is 0. The molecule has 6 nitrogen and oxygen atoms in total. The van der Waals surface area contributed by atoms with Crippen molar-refractivity contribution in [1.82, 2.24) is 0 Å². The number of allylic oxidation sites excluding steroid dienone is 2. The zero-order valence-corrected chi connectivity index (χ0v) is 19.7. The summed E-state index contributed by atoms with van der Waals surface area (Å²) in [6, 6.07) is 20.8. The van der Waals surface area contributed by atoms with Crippen LogP contribution in [0.25, 0.3) is 32.3 Å². The van der Waals surface area contributed by atoms with Gasteiger partial charge in [-0.05, 0) is 36.1 Å². The third-order valence-corrected chi connectivity index (χ3v) is 5.40. The van der Waals surface area contributed by atoms with Crippen molar-refractivity contribution in [3.8, 4) is 0 Å². The second kappa shape index (κ2) is 8.69. The Morgan fingerprint density at radius 3 is 2.13 bits per heavy atom. The summed E-state index contributed by atoms with van der Waals surface area (Å²) < 4.78 is 31.5. The number of ketones is 1.